The van der Waals surface area contributed by atoms with E-state index in [0.29, 0.717) is 12.5 Å². The molecule has 1 saturated heterocycles. The van der Waals surface area contributed by atoms with Crippen molar-refractivity contribution in [3.05, 3.63) is 77.4 Å². The number of ketones is 1. The zero-order valence-corrected chi connectivity index (χ0v) is 14.3. The van der Waals surface area contributed by atoms with Crippen molar-refractivity contribution >= 4 is 11.9 Å². The number of piperidine rings is 1. The van der Waals surface area contributed by atoms with E-state index in [1.807, 2.05) is 42.5 Å². The first-order valence-electron chi connectivity index (χ1n) is 8.78. The molecule has 2 nitrogen and oxygen atoms in total. The number of nitrogens with zero attached hydrogens (tertiary/aromatic N) is 1. The highest BCUT2D eigenvalue weighted by Gasteiger charge is 2.16. The van der Waals surface area contributed by atoms with E-state index in [4.69, 9.17) is 0 Å². The molecule has 1 heterocycles. The van der Waals surface area contributed by atoms with Crippen LogP contribution in [0.5, 0.6) is 0 Å². The number of carbonyl (C=O) groups is 1. The van der Waals surface area contributed by atoms with Crippen molar-refractivity contribution in [1.82, 2.24) is 4.90 Å². The summed E-state index contributed by atoms with van der Waals surface area (Å²) in [6.07, 6.45) is 8.75. The van der Waals surface area contributed by atoms with Crippen LogP contribution in [0.4, 0.5) is 0 Å². The Labute approximate surface area is 144 Å². The maximum Gasteiger partial charge on any atom is 0.167 e. The van der Waals surface area contributed by atoms with Gasteiger partial charge in [-0.15, -0.1) is 0 Å². The Morgan fingerprint density at radius 1 is 1.08 bits per heavy atom. The van der Waals surface area contributed by atoms with Crippen LogP contribution in [0.2, 0.25) is 0 Å². The van der Waals surface area contributed by atoms with Crippen LogP contribution in [0.1, 0.15) is 40.7 Å². The number of rotatable bonds is 5. The number of hydrogen-bond acceptors (Lipinski definition) is 2. The molecule has 2 aromatic carbocycles. The first-order chi connectivity index (χ1) is 11.7. The van der Waals surface area contributed by atoms with Gasteiger partial charge in [-0.05, 0) is 37.6 Å². The molecule has 2 aromatic rings. The molecule has 0 radical (unpaired) electrons. The van der Waals surface area contributed by atoms with E-state index in [0.717, 1.165) is 16.7 Å². The Morgan fingerprint density at radius 3 is 2.62 bits per heavy atom. The van der Waals surface area contributed by atoms with Gasteiger partial charge in [-0.3, -0.25) is 9.69 Å². The lowest BCUT2D eigenvalue weighted by atomic mass is 9.97. The van der Waals surface area contributed by atoms with E-state index < -0.39 is 0 Å². The molecule has 3 rings (SSSR count). The molecule has 1 aliphatic rings. The van der Waals surface area contributed by atoms with Gasteiger partial charge in [0, 0.05) is 18.0 Å². The number of likely N-dealkylation sites (N-methyl/N-ethyl adjacent to an activating group) is 1. The van der Waals surface area contributed by atoms with Gasteiger partial charge in [0.15, 0.2) is 5.78 Å². The van der Waals surface area contributed by atoms with Gasteiger partial charge in [0.1, 0.15) is 0 Å². The van der Waals surface area contributed by atoms with Crippen LogP contribution in [0.25, 0.3) is 6.08 Å². The number of Topliss-reactive ketones (excluding diaryl/α,β-unsaturated/α-hetero) is 1. The third-order valence-electron chi connectivity index (χ3n) is 4.83. The topological polar surface area (TPSA) is 20.3 Å². The van der Waals surface area contributed by atoms with Crippen LogP contribution < -0.4 is 0 Å². The van der Waals surface area contributed by atoms with Gasteiger partial charge >= 0.3 is 0 Å². The zero-order valence-electron chi connectivity index (χ0n) is 14.3. The largest absolute Gasteiger partial charge is 0.300 e. The van der Waals surface area contributed by atoms with Gasteiger partial charge in [0.25, 0.3) is 0 Å². The summed E-state index contributed by atoms with van der Waals surface area (Å²) in [7, 11) is 2.19. The molecule has 124 valence electrons. The molecule has 1 unspecified atom stereocenters. The molecule has 24 heavy (non-hydrogen) atoms. The summed E-state index contributed by atoms with van der Waals surface area (Å²) in [6.45, 7) is 1.17. The molecule has 2 heteroatoms. The van der Waals surface area contributed by atoms with Gasteiger partial charge in [0.05, 0.1) is 0 Å². The van der Waals surface area contributed by atoms with Crippen LogP contribution in [-0.4, -0.2) is 30.3 Å². The van der Waals surface area contributed by atoms with E-state index in [9.17, 15) is 4.79 Å². The highest BCUT2D eigenvalue weighted by atomic mass is 16.1. The Hall–Kier alpha value is -2.19. The van der Waals surface area contributed by atoms with Crippen molar-refractivity contribution in [2.75, 3.05) is 13.6 Å². The molecule has 0 aromatic heterocycles. The van der Waals surface area contributed by atoms with Crippen LogP contribution in [0, 0.1) is 0 Å². The van der Waals surface area contributed by atoms with Crippen LogP contribution in [-0.2, 0) is 6.42 Å². The summed E-state index contributed by atoms with van der Waals surface area (Å²) in [5, 5.41) is 0. The maximum absolute atomic E-state index is 12.5. The summed E-state index contributed by atoms with van der Waals surface area (Å²) >= 11 is 0. The summed E-state index contributed by atoms with van der Waals surface area (Å²) in [4.78, 5) is 14.9. The van der Waals surface area contributed by atoms with Gasteiger partial charge < -0.3 is 0 Å². The molecule has 1 aliphatic heterocycles. The standard InChI is InChI=1S/C22H25NO/c1-23-16-8-7-13-21(23)15-14-18-9-5-6-12-20(18)17-22(24)19-10-3-2-4-11-19/h2-6,9-12,14-15,21H,7-8,13,16-17H2,1H3/b15-14+. The molecule has 0 amide bonds. The normalized spacial score (nSPS) is 18.8. The molecule has 0 bridgehead atoms. The average molecular weight is 319 g/mol. The number of carbonyl (C=O) groups excluding carboxylic acids is 1. The second-order valence-electron chi connectivity index (χ2n) is 6.57. The van der Waals surface area contributed by atoms with Crippen molar-refractivity contribution in [2.24, 2.45) is 0 Å². The first-order valence-corrected chi connectivity index (χ1v) is 8.78. The predicted molar refractivity (Wildman–Crippen MR) is 100 cm³/mol. The molecule has 0 aliphatic carbocycles. The summed E-state index contributed by atoms with van der Waals surface area (Å²) < 4.78 is 0. The van der Waals surface area contributed by atoms with Crippen LogP contribution >= 0.6 is 0 Å². The molecule has 0 spiro atoms. The van der Waals surface area contributed by atoms with E-state index in [-0.39, 0.29) is 5.78 Å². The van der Waals surface area contributed by atoms with Crippen LogP contribution in [0.3, 0.4) is 0 Å². The first kappa shape index (κ1) is 16.7. The van der Waals surface area contributed by atoms with E-state index in [1.54, 1.807) is 0 Å². The van der Waals surface area contributed by atoms with Gasteiger partial charge in [-0.25, -0.2) is 0 Å². The van der Waals surface area contributed by atoms with E-state index in [2.05, 4.69) is 36.2 Å². The van der Waals surface area contributed by atoms with E-state index >= 15 is 0 Å². The van der Waals surface area contributed by atoms with Gasteiger partial charge in [-0.1, -0.05) is 73.2 Å². The van der Waals surface area contributed by atoms with Crippen molar-refractivity contribution < 1.29 is 4.79 Å². The molecule has 1 fully saturated rings. The Morgan fingerprint density at radius 2 is 1.83 bits per heavy atom. The monoisotopic (exact) mass is 319 g/mol. The SMILES string of the molecule is CN1CCCCC1/C=C/c1ccccc1CC(=O)c1ccccc1. The summed E-state index contributed by atoms with van der Waals surface area (Å²) in [5.74, 6) is 0.172. The zero-order chi connectivity index (χ0) is 16.8. The fourth-order valence-electron chi connectivity index (χ4n) is 3.32. The lowest BCUT2D eigenvalue weighted by molar-refractivity contribution is 0.0993. The summed E-state index contributed by atoms with van der Waals surface area (Å²) in [6, 6.07) is 18.3. The number of likely N-dealkylation sites (tertiary alicyclic amines) is 1. The minimum atomic E-state index is 0.172. The van der Waals surface area contributed by atoms with Gasteiger partial charge in [0.2, 0.25) is 0 Å². The highest BCUT2D eigenvalue weighted by Crippen LogP contribution is 2.19. The lowest BCUT2D eigenvalue weighted by Crippen LogP contribution is -2.34. The van der Waals surface area contributed by atoms with E-state index in [1.165, 1.54) is 25.8 Å². The molecule has 0 N–H and O–H groups in total. The second-order valence-corrected chi connectivity index (χ2v) is 6.57. The van der Waals surface area contributed by atoms with Crippen LogP contribution in [0.15, 0.2) is 60.7 Å². The maximum atomic E-state index is 12.5. The number of benzene rings is 2. The Balaban J connectivity index is 1.74. The second kappa shape index (κ2) is 8.07. The predicted octanol–water partition coefficient (Wildman–Crippen LogP) is 4.61. The molecular formula is C22H25NO. The third kappa shape index (κ3) is 4.21. The average Bonchev–Trinajstić information content (AvgIpc) is 2.63. The molecule has 0 saturated carbocycles. The minimum absolute atomic E-state index is 0.172. The third-order valence-corrected chi connectivity index (χ3v) is 4.83. The highest BCUT2D eigenvalue weighted by molar-refractivity contribution is 5.97. The van der Waals surface area contributed by atoms with Gasteiger partial charge in [-0.2, -0.15) is 0 Å². The molecular weight excluding hydrogens is 294 g/mol. The minimum Gasteiger partial charge on any atom is -0.300 e. The van der Waals surface area contributed by atoms with Crippen molar-refractivity contribution in [2.45, 2.75) is 31.7 Å². The van der Waals surface area contributed by atoms with Crippen molar-refractivity contribution in [1.29, 1.82) is 0 Å². The quantitative estimate of drug-likeness (QED) is 0.750. The van der Waals surface area contributed by atoms with Crippen molar-refractivity contribution in [3.63, 3.8) is 0 Å². The Bertz CT molecular complexity index is 705. The smallest absolute Gasteiger partial charge is 0.167 e. The summed E-state index contributed by atoms with van der Waals surface area (Å²) in [5.41, 5.74) is 3.03. The van der Waals surface area contributed by atoms with Crippen molar-refractivity contribution in [3.8, 4) is 0 Å². The number of hydrogen-bond donors (Lipinski definition) is 0. The molecule has 1 atom stereocenters. The lowest BCUT2D eigenvalue weighted by Gasteiger charge is -2.30. The fraction of sp³-hybridized carbons (Fsp3) is 0.318. The Kier molecular flexibility index (Phi) is 5.60. The fourth-order valence-corrected chi connectivity index (χ4v) is 3.32.